The van der Waals surface area contributed by atoms with Crippen LogP contribution in [0.25, 0.3) is 0 Å². The number of aryl methyl sites for hydroxylation is 2. The third-order valence-electron chi connectivity index (χ3n) is 4.97. The van der Waals surface area contributed by atoms with Crippen LogP contribution in [-0.4, -0.2) is 49.1 Å². The molecule has 1 unspecified atom stereocenters. The monoisotopic (exact) mass is 378 g/mol. The van der Waals surface area contributed by atoms with Crippen molar-refractivity contribution in [3.8, 4) is 0 Å². The quantitative estimate of drug-likeness (QED) is 0.597. The summed E-state index contributed by atoms with van der Waals surface area (Å²) in [5.74, 6) is 1.25. The number of carbonyl (C=O) groups excluding carboxylic acids is 2. The molecule has 1 atom stereocenters. The van der Waals surface area contributed by atoms with E-state index in [1.165, 1.54) is 12.8 Å². The summed E-state index contributed by atoms with van der Waals surface area (Å²) in [6, 6.07) is 1.77. The van der Waals surface area contributed by atoms with Crippen LogP contribution in [0.2, 0.25) is 0 Å². The summed E-state index contributed by atoms with van der Waals surface area (Å²) in [4.78, 5) is 26.9. The molecule has 2 rings (SSSR count). The zero-order valence-corrected chi connectivity index (χ0v) is 17.0. The molecule has 0 aromatic carbocycles. The molecule has 0 spiro atoms. The lowest BCUT2D eigenvalue weighted by atomic mass is 10.1. The number of unbranched alkanes of at least 4 members (excludes halogenated alkanes) is 3. The summed E-state index contributed by atoms with van der Waals surface area (Å²) in [5, 5.41) is 2.96. The van der Waals surface area contributed by atoms with Gasteiger partial charge in [0.2, 0.25) is 5.91 Å². The van der Waals surface area contributed by atoms with Crippen LogP contribution >= 0.6 is 0 Å². The van der Waals surface area contributed by atoms with Crippen LogP contribution in [0.15, 0.2) is 10.5 Å². The molecule has 6 heteroatoms. The van der Waals surface area contributed by atoms with E-state index in [2.05, 4.69) is 12.2 Å². The number of hydrogen-bond acceptors (Lipinski definition) is 4. The summed E-state index contributed by atoms with van der Waals surface area (Å²) in [6.07, 6.45) is 6.86. The first-order chi connectivity index (χ1) is 13.0. The van der Waals surface area contributed by atoms with E-state index in [1.54, 1.807) is 17.9 Å². The molecule has 1 saturated heterocycles. The van der Waals surface area contributed by atoms with Gasteiger partial charge in [-0.15, -0.1) is 0 Å². The average Bonchev–Trinajstić information content (AvgIpc) is 3.26. The molecule has 2 heterocycles. The summed E-state index contributed by atoms with van der Waals surface area (Å²) < 4.78 is 11.2. The molecule has 1 aromatic heterocycles. The van der Waals surface area contributed by atoms with Gasteiger partial charge < -0.3 is 19.4 Å². The first-order valence-corrected chi connectivity index (χ1v) is 10.3. The predicted molar refractivity (Wildman–Crippen MR) is 105 cm³/mol. The number of nitrogens with zero attached hydrogens (tertiary/aromatic N) is 1. The van der Waals surface area contributed by atoms with Crippen molar-refractivity contribution in [3.63, 3.8) is 0 Å². The van der Waals surface area contributed by atoms with Gasteiger partial charge in [-0.3, -0.25) is 9.59 Å². The van der Waals surface area contributed by atoms with Crippen molar-refractivity contribution in [1.29, 1.82) is 0 Å². The predicted octanol–water partition coefficient (Wildman–Crippen LogP) is 3.60. The Morgan fingerprint density at radius 1 is 1.26 bits per heavy atom. The SMILES string of the molecule is CCCCCCNC(=O)CCN(CC1CCCO1)C(=O)c1cc(C)oc1C. The molecule has 0 radical (unpaired) electrons. The van der Waals surface area contributed by atoms with E-state index in [0.29, 0.717) is 37.4 Å². The van der Waals surface area contributed by atoms with Gasteiger partial charge >= 0.3 is 0 Å². The minimum Gasteiger partial charge on any atom is -0.466 e. The van der Waals surface area contributed by atoms with Crippen LogP contribution in [0.5, 0.6) is 0 Å². The first-order valence-electron chi connectivity index (χ1n) is 10.3. The summed E-state index contributed by atoms with van der Waals surface area (Å²) in [6.45, 7) is 8.16. The Morgan fingerprint density at radius 2 is 2.07 bits per heavy atom. The van der Waals surface area contributed by atoms with Gasteiger partial charge in [0.25, 0.3) is 5.91 Å². The number of rotatable bonds is 11. The van der Waals surface area contributed by atoms with Crippen LogP contribution in [-0.2, 0) is 9.53 Å². The Morgan fingerprint density at radius 3 is 2.70 bits per heavy atom. The molecule has 6 nitrogen and oxygen atoms in total. The van der Waals surface area contributed by atoms with Gasteiger partial charge in [-0.2, -0.15) is 0 Å². The summed E-state index contributed by atoms with van der Waals surface area (Å²) >= 11 is 0. The maximum Gasteiger partial charge on any atom is 0.257 e. The number of ether oxygens (including phenoxy) is 1. The summed E-state index contributed by atoms with van der Waals surface area (Å²) in [5.41, 5.74) is 0.575. The van der Waals surface area contributed by atoms with E-state index < -0.39 is 0 Å². The normalized spacial score (nSPS) is 16.5. The number of hydrogen-bond donors (Lipinski definition) is 1. The molecule has 1 aliphatic heterocycles. The Bertz CT molecular complexity index is 605. The lowest BCUT2D eigenvalue weighted by molar-refractivity contribution is -0.121. The van der Waals surface area contributed by atoms with Crippen molar-refractivity contribution in [2.45, 2.75) is 71.8 Å². The maximum absolute atomic E-state index is 13.0. The molecule has 2 amide bonds. The second-order valence-corrected chi connectivity index (χ2v) is 7.37. The lowest BCUT2D eigenvalue weighted by Gasteiger charge is -2.25. The van der Waals surface area contributed by atoms with Gasteiger partial charge in [-0.05, 0) is 39.2 Å². The van der Waals surface area contributed by atoms with Crippen molar-refractivity contribution in [2.75, 3.05) is 26.2 Å². The Labute approximate surface area is 162 Å². The van der Waals surface area contributed by atoms with Gasteiger partial charge in [-0.1, -0.05) is 26.2 Å². The van der Waals surface area contributed by atoms with Gasteiger partial charge in [0.05, 0.1) is 11.7 Å². The molecule has 0 bridgehead atoms. The molecule has 152 valence electrons. The van der Waals surface area contributed by atoms with E-state index in [-0.39, 0.29) is 17.9 Å². The van der Waals surface area contributed by atoms with Crippen LogP contribution in [0.4, 0.5) is 0 Å². The van der Waals surface area contributed by atoms with Gasteiger partial charge in [0.15, 0.2) is 0 Å². The van der Waals surface area contributed by atoms with Crippen molar-refractivity contribution in [3.05, 3.63) is 23.2 Å². The van der Waals surface area contributed by atoms with E-state index >= 15 is 0 Å². The second-order valence-electron chi connectivity index (χ2n) is 7.37. The molecule has 1 aliphatic rings. The minimum atomic E-state index is -0.0874. The Kier molecular flexibility index (Phi) is 8.85. The topological polar surface area (TPSA) is 71.8 Å². The van der Waals surface area contributed by atoms with Crippen molar-refractivity contribution >= 4 is 11.8 Å². The summed E-state index contributed by atoms with van der Waals surface area (Å²) in [7, 11) is 0. The van der Waals surface area contributed by atoms with Crippen LogP contribution in [0.1, 0.15) is 73.7 Å². The van der Waals surface area contributed by atoms with Gasteiger partial charge in [0.1, 0.15) is 11.5 Å². The fraction of sp³-hybridized carbons (Fsp3) is 0.714. The number of nitrogens with one attached hydrogen (secondary N) is 1. The standard InChI is InChI=1S/C21H34N2O4/c1-4-5-6-7-11-22-20(24)10-12-23(15-18-9-8-13-26-18)21(25)19-14-16(2)27-17(19)3/h14,18H,4-13,15H2,1-3H3,(H,22,24). The van der Waals surface area contributed by atoms with Crippen LogP contribution in [0, 0.1) is 13.8 Å². The zero-order valence-electron chi connectivity index (χ0n) is 17.0. The fourth-order valence-corrected chi connectivity index (χ4v) is 3.43. The van der Waals surface area contributed by atoms with E-state index in [9.17, 15) is 9.59 Å². The Hall–Kier alpha value is -1.82. The highest BCUT2D eigenvalue weighted by Crippen LogP contribution is 2.19. The molecular formula is C21H34N2O4. The highest BCUT2D eigenvalue weighted by molar-refractivity contribution is 5.95. The first kappa shape index (κ1) is 21.5. The van der Waals surface area contributed by atoms with Crippen molar-refractivity contribution in [2.24, 2.45) is 0 Å². The zero-order chi connectivity index (χ0) is 19.6. The molecule has 1 N–H and O–H groups in total. The molecule has 0 aliphatic carbocycles. The molecule has 1 fully saturated rings. The Balaban J connectivity index is 1.89. The number of amides is 2. The number of furan rings is 1. The molecule has 0 saturated carbocycles. The highest BCUT2D eigenvalue weighted by Gasteiger charge is 2.26. The van der Waals surface area contributed by atoms with Crippen LogP contribution < -0.4 is 5.32 Å². The van der Waals surface area contributed by atoms with Gasteiger partial charge in [0, 0.05) is 32.7 Å². The largest absolute Gasteiger partial charge is 0.466 e. The molecular weight excluding hydrogens is 344 g/mol. The number of carbonyl (C=O) groups is 2. The van der Waals surface area contributed by atoms with Gasteiger partial charge in [-0.25, -0.2) is 0 Å². The van der Waals surface area contributed by atoms with E-state index in [4.69, 9.17) is 9.15 Å². The third-order valence-corrected chi connectivity index (χ3v) is 4.97. The molecule has 27 heavy (non-hydrogen) atoms. The lowest BCUT2D eigenvalue weighted by Crippen LogP contribution is -2.40. The van der Waals surface area contributed by atoms with Crippen molar-refractivity contribution < 1.29 is 18.7 Å². The van der Waals surface area contributed by atoms with E-state index in [0.717, 1.165) is 38.1 Å². The second kappa shape index (κ2) is 11.1. The average molecular weight is 379 g/mol. The third kappa shape index (κ3) is 7.01. The molecule has 1 aromatic rings. The fourth-order valence-electron chi connectivity index (χ4n) is 3.43. The minimum absolute atomic E-state index is 0.00302. The van der Waals surface area contributed by atoms with Crippen molar-refractivity contribution in [1.82, 2.24) is 10.2 Å². The van der Waals surface area contributed by atoms with E-state index in [1.807, 2.05) is 6.92 Å². The maximum atomic E-state index is 13.0. The highest BCUT2D eigenvalue weighted by atomic mass is 16.5. The van der Waals surface area contributed by atoms with Crippen LogP contribution in [0.3, 0.4) is 0 Å². The smallest absolute Gasteiger partial charge is 0.257 e.